The number of carbonyl (C=O) groups excluding carboxylic acids is 2. The van der Waals surface area contributed by atoms with Crippen LogP contribution >= 0.6 is 34.9 Å². The number of aryl methyl sites for hydroxylation is 2. The van der Waals surface area contributed by atoms with Crippen molar-refractivity contribution in [2.24, 2.45) is 7.05 Å². The fourth-order valence-electron chi connectivity index (χ4n) is 2.50. The van der Waals surface area contributed by atoms with Crippen LogP contribution in [-0.2, 0) is 22.3 Å². The molecular weight excluding hydrogens is 466 g/mol. The van der Waals surface area contributed by atoms with Crippen molar-refractivity contribution in [3.8, 4) is 0 Å². The van der Waals surface area contributed by atoms with Crippen molar-refractivity contribution in [1.29, 1.82) is 0 Å². The Morgan fingerprint density at radius 3 is 2.69 bits per heavy atom. The van der Waals surface area contributed by atoms with E-state index in [4.69, 9.17) is 4.74 Å². The Bertz CT molecular complexity index is 1110. The van der Waals surface area contributed by atoms with Gasteiger partial charge in [-0.2, -0.15) is 0 Å². The lowest BCUT2D eigenvalue weighted by atomic mass is 10.2. The molecule has 11 heteroatoms. The highest BCUT2D eigenvalue weighted by Crippen LogP contribution is 2.26. The molecule has 0 aliphatic rings. The van der Waals surface area contributed by atoms with E-state index in [1.54, 1.807) is 18.7 Å². The molecule has 168 valence electrons. The van der Waals surface area contributed by atoms with Crippen LogP contribution in [0.25, 0.3) is 0 Å². The second kappa shape index (κ2) is 11.3. The zero-order chi connectivity index (χ0) is 23.1. The average Bonchev–Trinajstić information content (AvgIpc) is 3.31. The minimum absolute atomic E-state index is 0.123. The summed E-state index contributed by atoms with van der Waals surface area (Å²) < 4.78 is 6.92. The first-order valence-electron chi connectivity index (χ1n) is 9.63. The number of esters is 1. The van der Waals surface area contributed by atoms with Crippen LogP contribution in [0.5, 0.6) is 0 Å². The molecule has 2 aromatic heterocycles. The van der Waals surface area contributed by atoms with E-state index in [0.29, 0.717) is 26.6 Å². The Hall–Kier alpha value is -2.63. The molecule has 1 N–H and O–H groups in total. The third-order valence-electron chi connectivity index (χ3n) is 4.21. The fraction of sp³-hybridized carbons (Fsp3) is 0.286. The predicted molar refractivity (Wildman–Crippen MR) is 128 cm³/mol. The monoisotopic (exact) mass is 489 g/mol. The number of benzene rings is 1. The molecule has 0 aliphatic heterocycles. The third kappa shape index (κ3) is 6.44. The molecule has 3 rings (SSSR count). The van der Waals surface area contributed by atoms with Gasteiger partial charge in [-0.15, -0.1) is 22.0 Å². The zero-order valence-corrected chi connectivity index (χ0v) is 20.4. The van der Waals surface area contributed by atoms with Crippen LogP contribution in [0, 0.1) is 13.8 Å². The van der Waals surface area contributed by atoms with Crippen LogP contribution in [0.3, 0.4) is 0 Å². The number of ether oxygens (including phenoxy) is 1. The second-order valence-corrected chi connectivity index (χ2v) is 9.71. The predicted octanol–water partition coefficient (Wildman–Crippen LogP) is 4.25. The van der Waals surface area contributed by atoms with Gasteiger partial charge in [0.2, 0.25) is 5.91 Å². The van der Waals surface area contributed by atoms with E-state index in [2.05, 4.69) is 58.3 Å². The maximum atomic E-state index is 12.3. The molecule has 0 saturated heterocycles. The van der Waals surface area contributed by atoms with Crippen LogP contribution in [0.15, 0.2) is 47.0 Å². The summed E-state index contributed by atoms with van der Waals surface area (Å²) in [6.07, 6.45) is 1.49. The Labute approximate surface area is 198 Å². The summed E-state index contributed by atoms with van der Waals surface area (Å²) in [4.78, 5) is 30.1. The van der Waals surface area contributed by atoms with Gasteiger partial charge in [-0.1, -0.05) is 53.4 Å². The summed E-state index contributed by atoms with van der Waals surface area (Å²) >= 11 is 4.06. The molecule has 8 nitrogen and oxygen atoms in total. The summed E-state index contributed by atoms with van der Waals surface area (Å²) in [5, 5.41) is 12.2. The number of hydrogen-bond donors (Lipinski definition) is 1. The molecule has 0 atom stereocenters. The first-order chi connectivity index (χ1) is 15.4. The molecule has 0 spiro atoms. The molecule has 1 amide bonds. The SMILES string of the molecule is C=CCOC(=O)c1sc(NC(=O)CSc2nnc(CSc3ccc(C)cc3)n2C)nc1C. The molecule has 2 heterocycles. The molecule has 32 heavy (non-hydrogen) atoms. The normalized spacial score (nSPS) is 10.7. The lowest BCUT2D eigenvalue weighted by molar-refractivity contribution is -0.113. The van der Waals surface area contributed by atoms with Gasteiger partial charge in [0.25, 0.3) is 0 Å². The number of rotatable bonds is 10. The molecule has 0 unspecified atom stereocenters. The van der Waals surface area contributed by atoms with Crippen LogP contribution in [-0.4, -0.2) is 44.0 Å². The van der Waals surface area contributed by atoms with Crippen molar-refractivity contribution in [1.82, 2.24) is 19.7 Å². The van der Waals surface area contributed by atoms with Crippen molar-refractivity contribution >= 4 is 51.9 Å². The van der Waals surface area contributed by atoms with Crippen LogP contribution in [0.2, 0.25) is 0 Å². The van der Waals surface area contributed by atoms with Crippen LogP contribution < -0.4 is 5.32 Å². The van der Waals surface area contributed by atoms with Crippen LogP contribution in [0.4, 0.5) is 5.13 Å². The van der Waals surface area contributed by atoms with E-state index in [0.717, 1.165) is 17.2 Å². The van der Waals surface area contributed by atoms with E-state index in [1.807, 2.05) is 11.6 Å². The number of carbonyl (C=O) groups is 2. The molecule has 0 saturated carbocycles. The topological polar surface area (TPSA) is 99.0 Å². The van der Waals surface area contributed by atoms with E-state index in [1.165, 1.54) is 28.3 Å². The van der Waals surface area contributed by atoms with Gasteiger partial charge in [0.15, 0.2) is 10.3 Å². The number of nitrogens with zero attached hydrogens (tertiary/aromatic N) is 4. The van der Waals surface area contributed by atoms with Gasteiger partial charge in [-0.05, 0) is 26.0 Å². The first kappa shape index (κ1) is 24.0. The smallest absolute Gasteiger partial charge is 0.350 e. The Kier molecular flexibility index (Phi) is 8.48. The van der Waals surface area contributed by atoms with E-state index in [-0.39, 0.29) is 18.3 Å². The summed E-state index contributed by atoms with van der Waals surface area (Å²) in [5.74, 6) is 0.934. The lowest BCUT2D eigenvalue weighted by Crippen LogP contribution is -2.14. The number of thioether (sulfide) groups is 2. The number of thiazole rings is 1. The Morgan fingerprint density at radius 1 is 1.22 bits per heavy atom. The van der Waals surface area contributed by atoms with Crippen molar-refractivity contribution < 1.29 is 14.3 Å². The van der Waals surface area contributed by atoms with Crippen molar-refractivity contribution in [2.45, 2.75) is 29.7 Å². The third-order valence-corrected chi connectivity index (χ3v) is 7.29. The first-order valence-corrected chi connectivity index (χ1v) is 12.4. The van der Waals surface area contributed by atoms with Gasteiger partial charge in [-0.25, -0.2) is 9.78 Å². The molecule has 1 aromatic carbocycles. The minimum Gasteiger partial charge on any atom is -0.457 e. The highest BCUT2D eigenvalue weighted by atomic mass is 32.2. The standard InChI is InChI=1S/C21H23N5O3S3/c1-5-10-29-19(28)18-14(3)22-20(32-18)23-17(27)12-31-21-25-24-16(26(21)4)11-30-15-8-6-13(2)7-9-15/h5-9H,1,10-12H2,2-4H3,(H,22,23,27). The summed E-state index contributed by atoms with van der Waals surface area (Å²) in [6, 6.07) is 8.33. The number of amides is 1. The molecule has 0 fully saturated rings. The van der Waals surface area contributed by atoms with Gasteiger partial charge in [0.05, 0.1) is 17.2 Å². The van der Waals surface area contributed by atoms with Gasteiger partial charge in [0.1, 0.15) is 17.3 Å². The largest absolute Gasteiger partial charge is 0.457 e. The van der Waals surface area contributed by atoms with Gasteiger partial charge in [0, 0.05) is 11.9 Å². The van der Waals surface area contributed by atoms with E-state index in [9.17, 15) is 9.59 Å². The van der Waals surface area contributed by atoms with Gasteiger partial charge >= 0.3 is 5.97 Å². The maximum absolute atomic E-state index is 12.3. The number of aromatic nitrogens is 4. The minimum atomic E-state index is -0.482. The number of anilines is 1. The van der Waals surface area contributed by atoms with E-state index < -0.39 is 5.97 Å². The maximum Gasteiger partial charge on any atom is 0.350 e. The molecule has 3 aromatic rings. The van der Waals surface area contributed by atoms with Crippen molar-refractivity contribution in [3.05, 3.63) is 58.9 Å². The number of nitrogens with one attached hydrogen (secondary N) is 1. The average molecular weight is 490 g/mol. The molecule has 0 bridgehead atoms. The summed E-state index contributed by atoms with van der Waals surface area (Å²) in [5.41, 5.74) is 1.73. The summed E-state index contributed by atoms with van der Waals surface area (Å²) in [6.45, 7) is 7.39. The van der Waals surface area contributed by atoms with Crippen LogP contribution in [0.1, 0.15) is 26.8 Å². The van der Waals surface area contributed by atoms with Crippen molar-refractivity contribution in [2.75, 3.05) is 17.7 Å². The summed E-state index contributed by atoms with van der Waals surface area (Å²) in [7, 11) is 1.89. The quantitative estimate of drug-likeness (QED) is 0.256. The highest BCUT2D eigenvalue weighted by molar-refractivity contribution is 7.99. The number of hydrogen-bond acceptors (Lipinski definition) is 9. The molecule has 0 aliphatic carbocycles. The zero-order valence-electron chi connectivity index (χ0n) is 18.0. The highest BCUT2D eigenvalue weighted by Gasteiger charge is 2.18. The molecular formula is C21H23N5O3S3. The Balaban J connectivity index is 1.51. The second-order valence-electron chi connectivity index (χ2n) is 6.72. The Morgan fingerprint density at radius 2 is 1.97 bits per heavy atom. The molecule has 0 radical (unpaired) electrons. The van der Waals surface area contributed by atoms with Crippen molar-refractivity contribution in [3.63, 3.8) is 0 Å². The lowest BCUT2D eigenvalue weighted by Gasteiger charge is -2.04. The van der Waals surface area contributed by atoms with Gasteiger partial charge < -0.3 is 14.6 Å². The fourth-order valence-corrected chi connectivity index (χ4v) is 4.99. The van der Waals surface area contributed by atoms with Gasteiger partial charge in [-0.3, -0.25) is 4.79 Å². The van der Waals surface area contributed by atoms with E-state index >= 15 is 0 Å².